The van der Waals surface area contributed by atoms with Gasteiger partial charge in [-0.05, 0) is 35.4 Å². The normalized spacial score (nSPS) is 17.0. The van der Waals surface area contributed by atoms with Crippen molar-refractivity contribution in [2.45, 2.75) is 12.8 Å². The Balaban J connectivity index is 1.41. The van der Waals surface area contributed by atoms with Crippen LogP contribution in [0.5, 0.6) is 0 Å². The van der Waals surface area contributed by atoms with Gasteiger partial charge in [0.25, 0.3) is 0 Å². The molecular formula is C24H23N3O2. The highest BCUT2D eigenvalue weighted by atomic mass is 16.5. The number of carbonyl (C=O) groups is 1. The molecule has 0 bridgehead atoms. The van der Waals surface area contributed by atoms with E-state index in [-0.39, 0.29) is 5.78 Å². The maximum absolute atomic E-state index is 11.8. The van der Waals surface area contributed by atoms with Crippen LogP contribution in [0, 0.1) is 0 Å². The zero-order chi connectivity index (χ0) is 19.6. The number of pyridine rings is 1. The molecule has 2 aliphatic rings. The topological polar surface area (TPSA) is 46.8 Å². The van der Waals surface area contributed by atoms with Crippen molar-refractivity contribution in [3.05, 3.63) is 83.8 Å². The minimum absolute atomic E-state index is 0.139. The first-order chi connectivity index (χ1) is 14.3. The number of rotatable bonds is 4. The summed E-state index contributed by atoms with van der Waals surface area (Å²) in [4.78, 5) is 18.8. The van der Waals surface area contributed by atoms with E-state index >= 15 is 0 Å². The minimum Gasteiger partial charge on any atom is -0.378 e. The Hall–Kier alpha value is -3.18. The van der Waals surface area contributed by atoms with Crippen LogP contribution in [0.2, 0.25) is 0 Å². The number of hydrogen-bond acceptors (Lipinski definition) is 4. The van der Waals surface area contributed by atoms with Gasteiger partial charge < -0.3 is 9.64 Å². The highest BCUT2D eigenvalue weighted by molar-refractivity contribution is 6.01. The Morgan fingerprint density at radius 3 is 2.66 bits per heavy atom. The van der Waals surface area contributed by atoms with Gasteiger partial charge in [0.2, 0.25) is 0 Å². The molecule has 0 spiro atoms. The number of ketones is 1. The molecule has 1 aromatic carbocycles. The molecule has 29 heavy (non-hydrogen) atoms. The fraction of sp³-hybridized carbons (Fsp3) is 0.250. The third kappa shape index (κ3) is 3.61. The lowest BCUT2D eigenvalue weighted by Crippen LogP contribution is -2.36. The number of ether oxygens (including phenoxy) is 1. The van der Waals surface area contributed by atoms with Crippen molar-refractivity contribution in [1.29, 1.82) is 0 Å². The Bertz CT molecular complexity index is 1100. The van der Waals surface area contributed by atoms with Gasteiger partial charge in [0.15, 0.2) is 5.78 Å². The third-order valence-electron chi connectivity index (χ3n) is 5.57. The summed E-state index contributed by atoms with van der Waals surface area (Å²) in [5, 5.41) is 0. The van der Waals surface area contributed by atoms with Crippen LogP contribution in [-0.4, -0.2) is 41.5 Å². The van der Waals surface area contributed by atoms with Gasteiger partial charge in [-0.15, -0.1) is 0 Å². The van der Waals surface area contributed by atoms with Crippen LogP contribution in [0.15, 0.2) is 67.0 Å². The number of imidazole rings is 1. The highest BCUT2D eigenvalue weighted by Crippen LogP contribution is 2.25. The summed E-state index contributed by atoms with van der Waals surface area (Å²) in [6, 6.07) is 13.0. The number of hydrogen-bond donors (Lipinski definition) is 0. The van der Waals surface area contributed by atoms with Crippen molar-refractivity contribution in [3.8, 4) is 0 Å². The SMILES string of the molecule is O=C1C=C(c2ccc(Cc3ccc(N4CCOCC4)cc3)c3nccn23)C=CC1. The summed E-state index contributed by atoms with van der Waals surface area (Å²) in [6.07, 6.45) is 10.7. The molecule has 3 aromatic rings. The molecule has 5 rings (SSSR count). The van der Waals surface area contributed by atoms with Gasteiger partial charge >= 0.3 is 0 Å². The summed E-state index contributed by atoms with van der Waals surface area (Å²) in [7, 11) is 0. The minimum atomic E-state index is 0.139. The van der Waals surface area contributed by atoms with Gasteiger partial charge in [0.1, 0.15) is 5.65 Å². The Morgan fingerprint density at radius 1 is 1.03 bits per heavy atom. The summed E-state index contributed by atoms with van der Waals surface area (Å²) in [5.41, 5.74) is 6.54. The molecule has 1 aliphatic heterocycles. The molecule has 1 fully saturated rings. The standard InChI is InChI=1S/C24H23N3O2/c28-22-3-1-2-19(17-22)23-9-6-20(24-25-10-11-27(23)24)16-18-4-7-21(8-5-18)26-12-14-29-15-13-26/h1-2,4-11,17H,3,12-16H2. The van der Waals surface area contributed by atoms with E-state index in [2.05, 4.69) is 50.7 Å². The van der Waals surface area contributed by atoms with Crippen molar-refractivity contribution in [2.24, 2.45) is 0 Å². The molecule has 1 aliphatic carbocycles. The van der Waals surface area contributed by atoms with Crippen LogP contribution in [0.4, 0.5) is 5.69 Å². The predicted octanol–water partition coefficient (Wildman–Crippen LogP) is 3.67. The van der Waals surface area contributed by atoms with E-state index in [0.717, 1.165) is 49.6 Å². The second kappa shape index (κ2) is 7.68. The number of aromatic nitrogens is 2. The van der Waals surface area contributed by atoms with Crippen LogP contribution in [0.25, 0.3) is 11.2 Å². The Labute approximate surface area is 169 Å². The fourth-order valence-electron chi connectivity index (χ4n) is 4.05. The lowest BCUT2D eigenvalue weighted by molar-refractivity contribution is -0.113. The Kier molecular flexibility index (Phi) is 4.74. The van der Waals surface area contributed by atoms with Gasteiger partial charge in [-0.1, -0.05) is 30.4 Å². The van der Waals surface area contributed by atoms with E-state index < -0.39 is 0 Å². The van der Waals surface area contributed by atoms with Crippen LogP contribution in [-0.2, 0) is 16.0 Å². The lowest BCUT2D eigenvalue weighted by atomic mass is 10.0. The molecule has 3 heterocycles. The molecule has 1 saturated heterocycles. The molecule has 0 unspecified atom stereocenters. The summed E-state index contributed by atoms with van der Waals surface area (Å²) in [5.74, 6) is 0.139. The van der Waals surface area contributed by atoms with E-state index in [1.807, 2.05) is 24.5 Å². The van der Waals surface area contributed by atoms with Crippen LogP contribution < -0.4 is 4.90 Å². The van der Waals surface area contributed by atoms with Gasteiger partial charge in [0.05, 0.1) is 18.9 Å². The Morgan fingerprint density at radius 2 is 1.86 bits per heavy atom. The molecule has 5 nitrogen and oxygen atoms in total. The zero-order valence-electron chi connectivity index (χ0n) is 16.3. The molecule has 0 amide bonds. The predicted molar refractivity (Wildman–Crippen MR) is 114 cm³/mol. The number of benzene rings is 1. The smallest absolute Gasteiger partial charge is 0.160 e. The van der Waals surface area contributed by atoms with E-state index in [1.165, 1.54) is 16.8 Å². The van der Waals surface area contributed by atoms with Crippen molar-refractivity contribution in [3.63, 3.8) is 0 Å². The number of anilines is 1. The molecule has 0 atom stereocenters. The lowest BCUT2D eigenvalue weighted by Gasteiger charge is -2.28. The van der Waals surface area contributed by atoms with E-state index in [9.17, 15) is 4.79 Å². The first-order valence-corrected chi connectivity index (χ1v) is 10.1. The number of allylic oxidation sites excluding steroid dienone is 4. The maximum Gasteiger partial charge on any atom is 0.160 e. The highest BCUT2D eigenvalue weighted by Gasteiger charge is 2.14. The number of fused-ring (bicyclic) bond motifs is 1. The van der Waals surface area contributed by atoms with Gasteiger partial charge in [-0.25, -0.2) is 4.98 Å². The largest absolute Gasteiger partial charge is 0.378 e. The molecule has 2 aromatic heterocycles. The van der Waals surface area contributed by atoms with Crippen LogP contribution in [0.1, 0.15) is 23.2 Å². The van der Waals surface area contributed by atoms with Crippen LogP contribution >= 0.6 is 0 Å². The van der Waals surface area contributed by atoms with Crippen LogP contribution in [0.3, 0.4) is 0 Å². The molecule has 0 radical (unpaired) electrons. The fourth-order valence-corrected chi connectivity index (χ4v) is 4.05. The second-order valence-corrected chi connectivity index (χ2v) is 7.48. The number of morpholine rings is 1. The maximum atomic E-state index is 11.8. The van der Waals surface area contributed by atoms with E-state index in [0.29, 0.717) is 6.42 Å². The molecular weight excluding hydrogens is 362 g/mol. The molecule has 0 saturated carbocycles. The number of nitrogens with zero attached hydrogens (tertiary/aromatic N) is 3. The van der Waals surface area contributed by atoms with Gasteiger partial charge in [0, 0.05) is 49.6 Å². The average Bonchev–Trinajstić information content (AvgIpc) is 3.26. The van der Waals surface area contributed by atoms with E-state index in [4.69, 9.17) is 4.74 Å². The first-order valence-electron chi connectivity index (χ1n) is 10.1. The molecule has 146 valence electrons. The summed E-state index contributed by atoms with van der Waals surface area (Å²) in [6.45, 7) is 3.48. The first kappa shape index (κ1) is 17.9. The van der Waals surface area contributed by atoms with Crippen molar-refractivity contribution in [1.82, 2.24) is 9.38 Å². The van der Waals surface area contributed by atoms with Crippen molar-refractivity contribution < 1.29 is 9.53 Å². The summed E-state index contributed by atoms with van der Waals surface area (Å²) >= 11 is 0. The van der Waals surface area contributed by atoms with Crippen molar-refractivity contribution in [2.75, 3.05) is 31.2 Å². The second-order valence-electron chi connectivity index (χ2n) is 7.48. The molecule has 5 heteroatoms. The third-order valence-corrected chi connectivity index (χ3v) is 5.57. The summed E-state index contributed by atoms with van der Waals surface area (Å²) < 4.78 is 7.51. The number of carbonyl (C=O) groups excluding carboxylic acids is 1. The monoisotopic (exact) mass is 385 g/mol. The quantitative estimate of drug-likeness (QED) is 0.687. The van der Waals surface area contributed by atoms with Gasteiger partial charge in [-0.2, -0.15) is 0 Å². The average molecular weight is 385 g/mol. The van der Waals surface area contributed by atoms with E-state index in [1.54, 1.807) is 6.08 Å². The van der Waals surface area contributed by atoms with Gasteiger partial charge in [-0.3, -0.25) is 9.20 Å². The molecule has 0 N–H and O–H groups in total. The zero-order valence-corrected chi connectivity index (χ0v) is 16.3. The van der Waals surface area contributed by atoms with Crippen molar-refractivity contribution >= 4 is 22.7 Å².